The molecular weight excluding hydrogens is 481 g/mol. The molecule has 30 heavy (non-hydrogen) atoms. The van der Waals surface area contributed by atoms with Gasteiger partial charge >= 0.3 is 5.63 Å². The van der Waals surface area contributed by atoms with E-state index in [2.05, 4.69) is 15.9 Å². The van der Waals surface area contributed by atoms with Crippen LogP contribution in [0.1, 0.15) is 5.56 Å². The number of hydrogen-bond donors (Lipinski definition) is 1. The minimum atomic E-state index is -3.60. The van der Waals surface area contributed by atoms with Crippen molar-refractivity contribution < 1.29 is 22.3 Å². The van der Waals surface area contributed by atoms with Crippen molar-refractivity contribution in [2.75, 3.05) is 6.26 Å². The van der Waals surface area contributed by atoms with Crippen molar-refractivity contribution in [3.8, 4) is 5.75 Å². The van der Waals surface area contributed by atoms with Gasteiger partial charge < -0.3 is 14.1 Å². The average molecular weight is 494 g/mol. The van der Waals surface area contributed by atoms with Crippen LogP contribution in [0.4, 0.5) is 4.39 Å². The third kappa shape index (κ3) is 3.31. The number of benzene rings is 2. The van der Waals surface area contributed by atoms with E-state index in [1.54, 1.807) is 0 Å². The fourth-order valence-electron chi connectivity index (χ4n) is 3.23. The van der Waals surface area contributed by atoms with E-state index < -0.39 is 32.6 Å². The minimum Gasteiger partial charge on any atom is -0.506 e. The molecule has 4 aromatic rings. The molecule has 0 amide bonds. The zero-order valence-electron chi connectivity index (χ0n) is 15.3. The number of rotatable bonds is 3. The van der Waals surface area contributed by atoms with E-state index in [0.29, 0.717) is 5.56 Å². The van der Waals surface area contributed by atoms with Crippen molar-refractivity contribution >= 4 is 47.6 Å². The average Bonchev–Trinajstić information content (AvgIpc) is 2.69. The lowest BCUT2D eigenvalue weighted by Crippen LogP contribution is -2.22. The Kier molecular flexibility index (Phi) is 4.78. The normalized spacial score (nSPS) is 12.0. The van der Waals surface area contributed by atoms with Crippen molar-refractivity contribution in [1.82, 2.24) is 4.57 Å². The predicted molar refractivity (Wildman–Crippen MR) is 112 cm³/mol. The van der Waals surface area contributed by atoms with Crippen LogP contribution in [0.5, 0.6) is 5.75 Å². The van der Waals surface area contributed by atoms with Crippen LogP contribution in [-0.4, -0.2) is 24.3 Å². The summed E-state index contributed by atoms with van der Waals surface area (Å²) in [6.07, 6.45) is 1.02. The Balaban J connectivity index is 2.17. The maximum Gasteiger partial charge on any atom is 0.354 e. The molecule has 0 atom stereocenters. The van der Waals surface area contributed by atoms with Crippen molar-refractivity contribution in [2.24, 2.45) is 0 Å². The molecule has 0 saturated carbocycles. The molecule has 0 spiro atoms. The standard InChI is InChI=1S/C20H13BrFNO6S/c1-30(27,28)12-6-7-14-13(8-12)18-15(17(24)16(21)20(26)29-18)19(25)23(14)9-10-2-4-11(22)5-3-10/h2-8,24H,9H2,1H3. The second-order valence-electron chi connectivity index (χ2n) is 6.73. The van der Waals surface area contributed by atoms with E-state index in [0.717, 1.165) is 6.26 Å². The Bertz CT molecular complexity index is 1560. The van der Waals surface area contributed by atoms with Gasteiger partial charge in [0.05, 0.1) is 17.0 Å². The van der Waals surface area contributed by atoms with Gasteiger partial charge in [0, 0.05) is 11.6 Å². The molecule has 1 N–H and O–H groups in total. The Morgan fingerprint density at radius 1 is 1.13 bits per heavy atom. The van der Waals surface area contributed by atoms with Crippen LogP contribution in [0, 0.1) is 5.82 Å². The predicted octanol–water partition coefficient (Wildman–Crippen LogP) is 3.17. The molecule has 4 rings (SSSR count). The molecule has 2 aromatic carbocycles. The first-order chi connectivity index (χ1) is 14.1. The molecule has 0 aliphatic carbocycles. The lowest BCUT2D eigenvalue weighted by molar-refractivity contribution is 0.462. The molecule has 0 aliphatic heterocycles. The second kappa shape index (κ2) is 7.06. The van der Waals surface area contributed by atoms with E-state index in [1.807, 2.05) is 0 Å². The van der Waals surface area contributed by atoms with E-state index in [9.17, 15) is 27.5 Å². The van der Waals surface area contributed by atoms with Crippen LogP contribution >= 0.6 is 15.9 Å². The molecule has 0 saturated heterocycles. The third-order valence-electron chi connectivity index (χ3n) is 4.69. The molecule has 0 unspecified atom stereocenters. The molecule has 154 valence electrons. The number of pyridine rings is 1. The Morgan fingerprint density at radius 2 is 1.80 bits per heavy atom. The number of nitrogens with zero attached hydrogens (tertiary/aromatic N) is 1. The fraction of sp³-hybridized carbons (Fsp3) is 0.100. The van der Waals surface area contributed by atoms with E-state index in [-0.39, 0.29) is 37.8 Å². The second-order valence-corrected chi connectivity index (χ2v) is 9.53. The molecule has 10 heteroatoms. The molecule has 0 bridgehead atoms. The first-order valence-corrected chi connectivity index (χ1v) is 11.2. The topological polar surface area (TPSA) is 107 Å². The Labute approximate surface area is 177 Å². The van der Waals surface area contributed by atoms with Gasteiger partial charge in [-0.1, -0.05) is 12.1 Å². The van der Waals surface area contributed by atoms with Gasteiger partial charge in [0.1, 0.15) is 15.7 Å². The molecule has 0 radical (unpaired) electrons. The number of fused-ring (bicyclic) bond motifs is 3. The van der Waals surface area contributed by atoms with Gasteiger partial charge in [0.15, 0.2) is 21.2 Å². The summed E-state index contributed by atoms with van der Waals surface area (Å²) < 4.78 is 43.5. The summed E-state index contributed by atoms with van der Waals surface area (Å²) in [5.74, 6) is -1.04. The van der Waals surface area contributed by atoms with Gasteiger partial charge in [-0.25, -0.2) is 17.6 Å². The number of hydrogen-bond acceptors (Lipinski definition) is 6. The van der Waals surface area contributed by atoms with Crippen LogP contribution in [0.3, 0.4) is 0 Å². The summed E-state index contributed by atoms with van der Waals surface area (Å²) in [5.41, 5.74) is -0.907. The number of aromatic hydroxyl groups is 1. The summed E-state index contributed by atoms with van der Waals surface area (Å²) in [6.45, 7) is 0.0138. The molecule has 0 aliphatic rings. The van der Waals surface area contributed by atoms with Gasteiger partial charge in [0.25, 0.3) is 5.56 Å². The highest BCUT2D eigenvalue weighted by atomic mass is 79.9. The number of aromatic nitrogens is 1. The zero-order chi connectivity index (χ0) is 21.8. The highest BCUT2D eigenvalue weighted by Gasteiger charge is 2.22. The monoisotopic (exact) mass is 493 g/mol. The van der Waals surface area contributed by atoms with Gasteiger partial charge in [-0.2, -0.15) is 0 Å². The van der Waals surface area contributed by atoms with Gasteiger partial charge in [-0.05, 0) is 51.8 Å². The van der Waals surface area contributed by atoms with Crippen LogP contribution in [0.15, 0.2) is 65.8 Å². The number of halogens is 2. The van der Waals surface area contributed by atoms with Crippen LogP contribution < -0.4 is 11.2 Å². The summed E-state index contributed by atoms with van der Waals surface area (Å²) in [5, 5.41) is 10.3. The Hall–Kier alpha value is -2.98. The van der Waals surface area contributed by atoms with E-state index in [4.69, 9.17) is 4.42 Å². The van der Waals surface area contributed by atoms with Crippen molar-refractivity contribution in [3.63, 3.8) is 0 Å². The summed E-state index contributed by atoms with van der Waals surface area (Å²) >= 11 is 2.90. The molecular formula is C20H13BrFNO6S. The van der Waals surface area contributed by atoms with Crippen LogP contribution in [0.25, 0.3) is 21.9 Å². The van der Waals surface area contributed by atoms with E-state index in [1.165, 1.54) is 47.0 Å². The minimum absolute atomic E-state index is 0.0138. The lowest BCUT2D eigenvalue weighted by Gasteiger charge is -2.14. The Morgan fingerprint density at radius 3 is 2.43 bits per heavy atom. The van der Waals surface area contributed by atoms with E-state index >= 15 is 0 Å². The van der Waals surface area contributed by atoms with Crippen LogP contribution in [0.2, 0.25) is 0 Å². The van der Waals surface area contributed by atoms with Gasteiger partial charge in [-0.15, -0.1) is 0 Å². The van der Waals surface area contributed by atoms with Crippen LogP contribution in [-0.2, 0) is 16.4 Å². The summed E-state index contributed by atoms with van der Waals surface area (Å²) in [7, 11) is -3.60. The molecule has 0 fully saturated rings. The van der Waals surface area contributed by atoms with Crippen molar-refractivity contribution in [1.29, 1.82) is 0 Å². The van der Waals surface area contributed by atoms with Crippen molar-refractivity contribution in [3.05, 3.63) is 79.1 Å². The maximum absolute atomic E-state index is 13.3. The zero-order valence-corrected chi connectivity index (χ0v) is 17.8. The summed E-state index contributed by atoms with van der Waals surface area (Å²) in [6, 6.07) is 9.55. The van der Waals surface area contributed by atoms with Gasteiger partial charge in [-0.3, -0.25) is 4.79 Å². The molecule has 7 nitrogen and oxygen atoms in total. The first kappa shape index (κ1) is 20.3. The highest BCUT2D eigenvalue weighted by molar-refractivity contribution is 9.10. The fourth-order valence-corrected chi connectivity index (χ4v) is 4.15. The number of sulfone groups is 1. The quantitative estimate of drug-likeness (QED) is 0.439. The third-order valence-corrected chi connectivity index (χ3v) is 6.50. The molecule has 2 aromatic heterocycles. The summed E-state index contributed by atoms with van der Waals surface area (Å²) in [4.78, 5) is 25.2. The lowest BCUT2D eigenvalue weighted by atomic mass is 10.1. The largest absolute Gasteiger partial charge is 0.506 e. The first-order valence-electron chi connectivity index (χ1n) is 8.54. The smallest absolute Gasteiger partial charge is 0.354 e. The SMILES string of the molecule is CS(=O)(=O)c1ccc2c(c1)c1oc(=O)c(Br)c(O)c1c(=O)n2Cc1ccc(F)cc1. The van der Waals surface area contributed by atoms with Crippen molar-refractivity contribution in [2.45, 2.75) is 11.4 Å². The highest BCUT2D eigenvalue weighted by Crippen LogP contribution is 2.32. The maximum atomic E-state index is 13.3. The van der Waals surface area contributed by atoms with Gasteiger partial charge in [0.2, 0.25) is 0 Å². The molecule has 2 heterocycles.